The average Bonchev–Trinajstić information content (AvgIpc) is 2.72. The Balaban J connectivity index is 2.30. The zero-order chi connectivity index (χ0) is 19.7. The zero-order valence-electron chi connectivity index (χ0n) is 17.9. The van der Waals surface area contributed by atoms with E-state index in [4.69, 9.17) is 4.43 Å². The standard InChI is InChI=1S/C25H38OSi/c1-6-10-11-12-15-21(5)25(26-27(7-2,8-3)9-4)24-19-18-22-16-13-14-17-23(22)20-24/h13-14,16-20,25H,5-12,15H2,1-4H3. The highest BCUT2D eigenvalue weighted by Crippen LogP contribution is 2.36. The van der Waals surface area contributed by atoms with Gasteiger partial charge in [-0.25, -0.2) is 0 Å². The van der Waals surface area contributed by atoms with E-state index in [-0.39, 0.29) is 6.10 Å². The van der Waals surface area contributed by atoms with Crippen LogP contribution in [0.25, 0.3) is 10.8 Å². The van der Waals surface area contributed by atoms with Crippen LogP contribution >= 0.6 is 0 Å². The summed E-state index contributed by atoms with van der Waals surface area (Å²) in [5.74, 6) is 0. The predicted molar refractivity (Wildman–Crippen MR) is 123 cm³/mol. The van der Waals surface area contributed by atoms with E-state index >= 15 is 0 Å². The number of rotatable bonds is 12. The van der Waals surface area contributed by atoms with Crippen LogP contribution in [0.15, 0.2) is 54.6 Å². The molecule has 0 heterocycles. The first-order valence-corrected chi connectivity index (χ1v) is 13.5. The van der Waals surface area contributed by atoms with Crippen LogP contribution < -0.4 is 0 Å². The van der Waals surface area contributed by atoms with Crippen LogP contribution in [0.5, 0.6) is 0 Å². The number of hydrogen-bond acceptors (Lipinski definition) is 1. The van der Waals surface area contributed by atoms with Crippen LogP contribution in [-0.4, -0.2) is 8.32 Å². The van der Waals surface area contributed by atoms with Gasteiger partial charge in [0, 0.05) is 0 Å². The van der Waals surface area contributed by atoms with Crippen molar-refractivity contribution < 1.29 is 4.43 Å². The SMILES string of the molecule is C=C(CCCCCC)C(O[Si](CC)(CC)CC)c1ccc2ccccc2c1. The molecule has 0 saturated heterocycles. The molecule has 2 aromatic carbocycles. The smallest absolute Gasteiger partial charge is 0.193 e. The summed E-state index contributed by atoms with van der Waals surface area (Å²) in [6.45, 7) is 13.7. The summed E-state index contributed by atoms with van der Waals surface area (Å²) < 4.78 is 6.98. The van der Waals surface area contributed by atoms with E-state index in [1.165, 1.54) is 65.7 Å². The lowest BCUT2D eigenvalue weighted by atomic mass is 9.96. The number of hydrogen-bond donors (Lipinski definition) is 0. The van der Waals surface area contributed by atoms with Crippen LogP contribution in [0.2, 0.25) is 18.1 Å². The average molecular weight is 383 g/mol. The summed E-state index contributed by atoms with van der Waals surface area (Å²) in [6.07, 6.45) is 6.21. The minimum Gasteiger partial charge on any atom is -0.406 e. The fourth-order valence-electron chi connectivity index (χ4n) is 3.92. The maximum Gasteiger partial charge on any atom is 0.193 e. The molecule has 0 fully saturated rings. The summed E-state index contributed by atoms with van der Waals surface area (Å²) in [7, 11) is -1.71. The maximum absolute atomic E-state index is 6.98. The van der Waals surface area contributed by atoms with Crippen LogP contribution in [-0.2, 0) is 4.43 Å². The number of benzene rings is 2. The van der Waals surface area contributed by atoms with Gasteiger partial charge in [-0.15, -0.1) is 0 Å². The molecule has 0 aromatic heterocycles. The highest BCUT2D eigenvalue weighted by atomic mass is 28.4. The van der Waals surface area contributed by atoms with Gasteiger partial charge in [0.1, 0.15) is 0 Å². The highest BCUT2D eigenvalue weighted by Gasteiger charge is 2.33. The van der Waals surface area contributed by atoms with Crippen LogP contribution in [0.4, 0.5) is 0 Å². The van der Waals surface area contributed by atoms with Gasteiger partial charge in [-0.2, -0.15) is 0 Å². The van der Waals surface area contributed by atoms with E-state index in [2.05, 4.69) is 76.7 Å². The lowest BCUT2D eigenvalue weighted by molar-refractivity contribution is 0.221. The molecule has 0 aliphatic rings. The first-order valence-electron chi connectivity index (χ1n) is 10.9. The Morgan fingerprint density at radius 3 is 2.19 bits per heavy atom. The van der Waals surface area contributed by atoms with Crippen molar-refractivity contribution in [2.24, 2.45) is 0 Å². The number of unbranched alkanes of at least 4 members (excludes halogenated alkanes) is 3. The Bertz CT molecular complexity index is 709. The second-order valence-corrected chi connectivity index (χ2v) is 12.5. The van der Waals surface area contributed by atoms with Crippen molar-refractivity contribution in [2.45, 2.75) is 84.0 Å². The first kappa shape index (κ1) is 21.9. The van der Waals surface area contributed by atoms with Gasteiger partial charge in [0.2, 0.25) is 0 Å². The molecule has 2 heteroatoms. The third-order valence-corrected chi connectivity index (χ3v) is 10.7. The maximum atomic E-state index is 6.98. The van der Waals surface area contributed by atoms with E-state index in [1.807, 2.05) is 0 Å². The molecule has 0 N–H and O–H groups in total. The van der Waals surface area contributed by atoms with Crippen molar-refractivity contribution in [1.29, 1.82) is 0 Å². The van der Waals surface area contributed by atoms with Crippen LogP contribution in [0.3, 0.4) is 0 Å². The Kier molecular flexibility index (Phi) is 8.78. The van der Waals surface area contributed by atoms with Gasteiger partial charge in [-0.3, -0.25) is 0 Å². The van der Waals surface area contributed by atoms with Crippen molar-refractivity contribution in [1.82, 2.24) is 0 Å². The minimum atomic E-state index is -1.71. The highest BCUT2D eigenvalue weighted by molar-refractivity contribution is 6.73. The van der Waals surface area contributed by atoms with Crippen molar-refractivity contribution in [3.63, 3.8) is 0 Å². The normalized spacial score (nSPS) is 13.0. The molecule has 1 unspecified atom stereocenters. The third-order valence-electron chi connectivity index (χ3n) is 6.10. The van der Waals surface area contributed by atoms with E-state index in [9.17, 15) is 0 Å². The Morgan fingerprint density at radius 2 is 1.56 bits per heavy atom. The molecule has 148 valence electrons. The monoisotopic (exact) mass is 382 g/mol. The molecule has 2 rings (SSSR count). The van der Waals surface area contributed by atoms with E-state index in [0.717, 1.165) is 6.42 Å². The second-order valence-electron chi connectivity index (χ2n) is 7.82. The van der Waals surface area contributed by atoms with Crippen molar-refractivity contribution >= 4 is 19.1 Å². The van der Waals surface area contributed by atoms with Gasteiger partial charge < -0.3 is 4.43 Å². The second kappa shape index (κ2) is 10.8. The molecule has 0 spiro atoms. The molecule has 0 amide bonds. The topological polar surface area (TPSA) is 9.23 Å². The number of fused-ring (bicyclic) bond motifs is 1. The zero-order valence-corrected chi connectivity index (χ0v) is 18.9. The van der Waals surface area contributed by atoms with Crippen molar-refractivity contribution in [3.8, 4) is 0 Å². The van der Waals surface area contributed by atoms with Gasteiger partial charge in [0.25, 0.3) is 0 Å². The molecule has 0 saturated carbocycles. The largest absolute Gasteiger partial charge is 0.406 e. The van der Waals surface area contributed by atoms with E-state index in [0.29, 0.717) is 0 Å². The van der Waals surface area contributed by atoms with Gasteiger partial charge >= 0.3 is 0 Å². The lowest BCUT2D eigenvalue weighted by Gasteiger charge is -2.34. The Labute approximate surface area is 168 Å². The third kappa shape index (κ3) is 5.79. The Hall–Kier alpha value is -1.38. The van der Waals surface area contributed by atoms with Crippen molar-refractivity contribution in [3.05, 3.63) is 60.2 Å². The molecule has 0 aliphatic carbocycles. The van der Waals surface area contributed by atoms with E-state index < -0.39 is 8.32 Å². The molecule has 1 atom stereocenters. The van der Waals surface area contributed by atoms with Crippen molar-refractivity contribution in [2.75, 3.05) is 0 Å². The summed E-state index contributed by atoms with van der Waals surface area (Å²) in [6, 6.07) is 18.9. The molecule has 0 aliphatic heterocycles. The predicted octanol–water partition coefficient (Wildman–Crippen LogP) is 8.43. The van der Waals surface area contributed by atoms with Gasteiger partial charge in [0.05, 0.1) is 6.10 Å². The molecular formula is C25H38OSi. The minimum absolute atomic E-state index is 0.0442. The Morgan fingerprint density at radius 1 is 0.889 bits per heavy atom. The quantitative estimate of drug-likeness (QED) is 0.203. The lowest BCUT2D eigenvalue weighted by Crippen LogP contribution is -2.37. The fraction of sp³-hybridized carbons (Fsp3) is 0.520. The van der Waals surface area contributed by atoms with Crippen LogP contribution in [0.1, 0.15) is 71.5 Å². The van der Waals surface area contributed by atoms with Gasteiger partial charge in [-0.05, 0) is 58.9 Å². The molecule has 1 nitrogen and oxygen atoms in total. The van der Waals surface area contributed by atoms with E-state index in [1.54, 1.807) is 0 Å². The molecule has 0 radical (unpaired) electrons. The summed E-state index contributed by atoms with van der Waals surface area (Å²) >= 11 is 0. The molecule has 2 aromatic rings. The fourth-order valence-corrected chi connectivity index (χ4v) is 6.72. The summed E-state index contributed by atoms with van der Waals surface area (Å²) in [5.41, 5.74) is 2.54. The van der Waals surface area contributed by atoms with Crippen LogP contribution in [0, 0.1) is 0 Å². The summed E-state index contributed by atoms with van der Waals surface area (Å²) in [4.78, 5) is 0. The first-order chi connectivity index (χ1) is 13.1. The van der Waals surface area contributed by atoms with Gasteiger partial charge in [0.15, 0.2) is 8.32 Å². The molecule has 27 heavy (non-hydrogen) atoms. The van der Waals surface area contributed by atoms with Gasteiger partial charge in [-0.1, -0.05) is 89.9 Å². The summed E-state index contributed by atoms with van der Waals surface area (Å²) in [5, 5.41) is 2.58. The molecule has 0 bridgehead atoms. The molecular weight excluding hydrogens is 344 g/mol.